The lowest BCUT2D eigenvalue weighted by atomic mass is 10.2. The molecule has 110 valence electrons. The highest BCUT2D eigenvalue weighted by Gasteiger charge is 2.30. The SMILES string of the molecule is Cc1nn(C)c(C)c1S(=O)(=O)NCC(N)C1CC1.Cl. The molecule has 8 heteroatoms. The topological polar surface area (TPSA) is 90.0 Å². The fraction of sp³-hybridized carbons (Fsp3) is 0.727. The van der Waals surface area contributed by atoms with Crippen LogP contribution >= 0.6 is 12.4 Å². The number of nitrogens with two attached hydrogens (primary N) is 1. The van der Waals surface area contributed by atoms with Crippen molar-refractivity contribution in [3.63, 3.8) is 0 Å². The number of aryl methyl sites for hydroxylation is 2. The molecule has 19 heavy (non-hydrogen) atoms. The maximum absolute atomic E-state index is 12.2. The highest BCUT2D eigenvalue weighted by atomic mass is 35.5. The third-order valence-corrected chi connectivity index (χ3v) is 5.12. The van der Waals surface area contributed by atoms with Crippen LogP contribution in [0.25, 0.3) is 0 Å². The van der Waals surface area contributed by atoms with Crippen molar-refractivity contribution < 1.29 is 8.42 Å². The van der Waals surface area contributed by atoms with Crippen molar-refractivity contribution in [2.45, 2.75) is 37.6 Å². The van der Waals surface area contributed by atoms with Gasteiger partial charge in [-0.2, -0.15) is 5.10 Å². The summed E-state index contributed by atoms with van der Waals surface area (Å²) in [6.45, 7) is 3.73. The van der Waals surface area contributed by atoms with Gasteiger partial charge in [0.05, 0.1) is 11.4 Å². The third kappa shape index (κ3) is 3.47. The standard InChI is InChI=1S/C11H20N4O2S.ClH/c1-7-11(8(2)15(3)14-7)18(16,17)13-6-10(12)9-4-5-9;/h9-10,13H,4-6,12H2,1-3H3;1H. The summed E-state index contributed by atoms with van der Waals surface area (Å²) in [4.78, 5) is 0.271. The molecule has 1 aliphatic carbocycles. The predicted molar refractivity (Wildman–Crippen MR) is 75.8 cm³/mol. The predicted octanol–water partition coefficient (Wildman–Crippen LogP) is 0.474. The molecule has 0 spiro atoms. The molecule has 1 fully saturated rings. The first-order valence-electron chi connectivity index (χ1n) is 6.08. The Morgan fingerprint density at radius 1 is 1.47 bits per heavy atom. The van der Waals surface area contributed by atoms with E-state index in [9.17, 15) is 8.42 Å². The van der Waals surface area contributed by atoms with Crippen LogP contribution in [0.2, 0.25) is 0 Å². The van der Waals surface area contributed by atoms with Gasteiger partial charge in [-0.1, -0.05) is 0 Å². The quantitative estimate of drug-likeness (QED) is 0.827. The van der Waals surface area contributed by atoms with Crippen molar-refractivity contribution in [3.8, 4) is 0 Å². The normalized spacial score (nSPS) is 17.1. The summed E-state index contributed by atoms with van der Waals surface area (Å²) in [5.74, 6) is 0.476. The van der Waals surface area contributed by atoms with Gasteiger partial charge in [0.25, 0.3) is 0 Å². The first kappa shape index (κ1) is 16.4. The van der Waals surface area contributed by atoms with Crippen LogP contribution in [0.3, 0.4) is 0 Å². The largest absolute Gasteiger partial charge is 0.326 e. The molecule has 2 rings (SSSR count). The Labute approximate surface area is 120 Å². The van der Waals surface area contributed by atoms with Gasteiger partial charge in [-0.25, -0.2) is 13.1 Å². The molecule has 1 heterocycles. The highest BCUT2D eigenvalue weighted by Crippen LogP contribution is 2.31. The summed E-state index contributed by atoms with van der Waals surface area (Å²) < 4.78 is 28.6. The monoisotopic (exact) mass is 308 g/mol. The molecular weight excluding hydrogens is 288 g/mol. The number of nitrogens with one attached hydrogen (secondary N) is 1. The van der Waals surface area contributed by atoms with E-state index in [2.05, 4.69) is 9.82 Å². The van der Waals surface area contributed by atoms with Crippen LogP contribution in [-0.4, -0.2) is 30.8 Å². The van der Waals surface area contributed by atoms with Crippen molar-refractivity contribution in [1.29, 1.82) is 0 Å². The maximum Gasteiger partial charge on any atom is 0.244 e. The third-order valence-electron chi connectivity index (χ3n) is 3.45. The molecule has 3 N–H and O–H groups in total. The molecule has 1 atom stereocenters. The molecule has 1 aliphatic rings. The first-order chi connectivity index (χ1) is 8.33. The summed E-state index contributed by atoms with van der Waals surface area (Å²) in [6.07, 6.45) is 2.21. The van der Waals surface area contributed by atoms with Crippen LogP contribution in [0.4, 0.5) is 0 Å². The van der Waals surface area contributed by atoms with E-state index in [1.165, 1.54) is 0 Å². The summed E-state index contributed by atoms with van der Waals surface area (Å²) in [5.41, 5.74) is 7.05. The molecule has 0 aliphatic heterocycles. The van der Waals surface area contributed by atoms with Gasteiger partial charge in [-0.05, 0) is 32.6 Å². The Hall–Kier alpha value is -0.630. The van der Waals surface area contributed by atoms with Crippen molar-refractivity contribution in [2.24, 2.45) is 18.7 Å². The first-order valence-corrected chi connectivity index (χ1v) is 7.56. The Kier molecular flexibility index (Phi) is 5.00. The number of sulfonamides is 1. The minimum absolute atomic E-state index is 0. The summed E-state index contributed by atoms with van der Waals surface area (Å²) >= 11 is 0. The fourth-order valence-electron chi connectivity index (χ4n) is 2.11. The maximum atomic E-state index is 12.2. The van der Waals surface area contributed by atoms with Crippen LogP contribution in [0, 0.1) is 19.8 Å². The minimum Gasteiger partial charge on any atom is -0.326 e. The molecule has 0 aromatic carbocycles. The highest BCUT2D eigenvalue weighted by molar-refractivity contribution is 7.89. The average Bonchev–Trinajstić information content (AvgIpc) is 3.05. The van der Waals surface area contributed by atoms with Gasteiger partial charge < -0.3 is 5.73 Å². The van der Waals surface area contributed by atoms with E-state index >= 15 is 0 Å². The van der Waals surface area contributed by atoms with E-state index in [-0.39, 0.29) is 23.3 Å². The molecule has 6 nitrogen and oxygen atoms in total. The van der Waals surface area contributed by atoms with E-state index in [4.69, 9.17) is 5.73 Å². The Bertz CT molecular complexity index is 551. The van der Waals surface area contributed by atoms with Gasteiger partial charge in [0.15, 0.2) is 0 Å². The Morgan fingerprint density at radius 3 is 2.47 bits per heavy atom. The van der Waals surface area contributed by atoms with Gasteiger partial charge in [0.2, 0.25) is 10.0 Å². The second-order valence-corrected chi connectivity index (χ2v) is 6.68. The zero-order chi connectivity index (χ0) is 13.5. The van der Waals surface area contributed by atoms with Crippen molar-refractivity contribution >= 4 is 22.4 Å². The van der Waals surface area contributed by atoms with Crippen molar-refractivity contribution in [1.82, 2.24) is 14.5 Å². The molecule has 0 saturated heterocycles. The number of halogens is 1. The van der Waals surface area contributed by atoms with Gasteiger partial charge in [0.1, 0.15) is 4.90 Å². The Morgan fingerprint density at radius 2 is 2.05 bits per heavy atom. The van der Waals surface area contributed by atoms with Gasteiger partial charge >= 0.3 is 0 Å². The van der Waals surface area contributed by atoms with Crippen LogP contribution in [0.1, 0.15) is 24.2 Å². The van der Waals surface area contributed by atoms with Crippen molar-refractivity contribution in [2.75, 3.05) is 6.54 Å². The molecular formula is C11H21ClN4O2S. The average molecular weight is 309 g/mol. The van der Waals surface area contributed by atoms with E-state index in [0.717, 1.165) is 12.8 Å². The van der Waals surface area contributed by atoms with Crippen molar-refractivity contribution in [3.05, 3.63) is 11.4 Å². The molecule has 0 bridgehead atoms. The summed E-state index contributed by atoms with van der Waals surface area (Å²) in [7, 11) is -1.78. The smallest absolute Gasteiger partial charge is 0.244 e. The molecule has 1 aromatic heterocycles. The van der Waals surface area contributed by atoms with E-state index in [1.807, 2.05) is 0 Å². The zero-order valence-corrected chi connectivity index (χ0v) is 13.0. The number of hydrogen-bond acceptors (Lipinski definition) is 4. The van der Waals surface area contributed by atoms with Crippen LogP contribution in [0.5, 0.6) is 0 Å². The zero-order valence-electron chi connectivity index (χ0n) is 11.4. The lowest BCUT2D eigenvalue weighted by Gasteiger charge is -2.12. The molecule has 0 radical (unpaired) electrons. The second-order valence-electron chi connectivity index (χ2n) is 4.98. The van der Waals surface area contributed by atoms with E-state index in [0.29, 0.717) is 23.9 Å². The number of hydrogen-bond donors (Lipinski definition) is 2. The number of rotatable bonds is 5. The fourth-order valence-corrected chi connectivity index (χ4v) is 3.62. The lowest BCUT2D eigenvalue weighted by molar-refractivity contribution is 0.547. The molecule has 1 aromatic rings. The van der Waals surface area contributed by atoms with Crippen LogP contribution in [-0.2, 0) is 17.1 Å². The molecule has 1 unspecified atom stereocenters. The second kappa shape index (κ2) is 5.78. The van der Waals surface area contributed by atoms with Gasteiger partial charge in [0, 0.05) is 19.6 Å². The van der Waals surface area contributed by atoms with Gasteiger partial charge in [-0.15, -0.1) is 12.4 Å². The lowest BCUT2D eigenvalue weighted by Crippen LogP contribution is -2.38. The van der Waals surface area contributed by atoms with Crippen LogP contribution in [0.15, 0.2) is 4.90 Å². The molecule has 0 amide bonds. The van der Waals surface area contributed by atoms with Gasteiger partial charge in [-0.3, -0.25) is 4.68 Å². The van der Waals surface area contributed by atoms with E-state index in [1.54, 1.807) is 25.6 Å². The number of nitrogens with zero attached hydrogens (tertiary/aromatic N) is 2. The summed E-state index contributed by atoms with van der Waals surface area (Å²) in [6, 6.07) is -0.0861. The minimum atomic E-state index is -3.51. The van der Waals surface area contributed by atoms with E-state index < -0.39 is 10.0 Å². The summed E-state index contributed by atoms with van der Waals surface area (Å²) in [5, 5.41) is 4.12. The number of aromatic nitrogens is 2. The van der Waals surface area contributed by atoms with Crippen LogP contribution < -0.4 is 10.5 Å². The molecule has 1 saturated carbocycles. The Balaban J connectivity index is 0.00000180.